The summed E-state index contributed by atoms with van der Waals surface area (Å²) < 4.78 is 5.69. The van der Waals surface area contributed by atoms with Gasteiger partial charge < -0.3 is 14.9 Å². The molecule has 0 aliphatic heterocycles. The molecule has 1 heterocycles. The van der Waals surface area contributed by atoms with E-state index in [1.165, 1.54) is 17.5 Å². The van der Waals surface area contributed by atoms with Crippen molar-refractivity contribution in [3.05, 3.63) is 72.8 Å². The van der Waals surface area contributed by atoms with E-state index in [0.717, 1.165) is 28.1 Å². The predicted octanol–water partition coefficient (Wildman–Crippen LogP) is 5.71. The zero-order chi connectivity index (χ0) is 22.1. The zero-order valence-corrected chi connectivity index (χ0v) is 17.5. The Morgan fingerprint density at radius 1 is 0.719 bits per heavy atom. The maximum Gasteiger partial charge on any atom is 0.320 e. The highest BCUT2D eigenvalue weighted by molar-refractivity contribution is 5.99. The maximum absolute atomic E-state index is 10.3. The van der Waals surface area contributed by atoms with Gasteiger partial charge in [-0.15, -0.1) is 0 Å². The van der Waals surface area contributed by atoms with Crippen molar-refractivity contribution < 1.29 is 14.9 Å². The fourth-order valence-corrected chi connectivity index (χ4v) is 3.65. The molecule has 0 amide bonds. The summed E-state index contributed by atoms with van der Waals surface area (Å²) in [5.41, 5.74) is 1.20. The normalized spacial score (nSPS) is 11.2. The Hall–Kier alpha value is -4.19. The van der Waals surface area contributed by atoms with E-state index >= 15 is 0 Å². The number of phenols is 2. The highest BCUT2D eigenvalue weighted by Crippen LogP contribution is 2.32. The smallest absolute Gasteiger partial charge is 0.320 e. The topological polar surface area (TPSA) is 88.4 Å². The first-order valence-electron chi connectivity index (χ1n) is 10.4. The van der Waals surface area contributed by atoms with Crippen LogP contribution in [0.15, 0.2) is 72.8 Å². The molecule has 5 aromatic rings. The molecule has 0 spiro atoms. The number of aromatic hydroxyl groups is 2. The van der Waals surface area contributed by atoms with Crippen molar-refractivity contribution >= 4 is 21.5 Å². The van der Waals surface area contributed by atoms with E-state index in [1.54, 1.807) is 6.07 Å². The number of aromatic nitrogens is 3. The molecule has 0 unspecified atom stereocenters. The number of nitrogens with zero attached hydrogens (tertiary/aromatic N) is 3. The lowest BCUT2D eigenvalue weighted by atomic mass is 10.0. The zero-order valence-electron chi connectivity index (χ0n) is 17.5. The Balaban J connectivity index is 1.65. The van der Waals surface area contributed by atoms with Crippen LogP contribution in [0.2, 0.25) is 0 Å². The van der Waals surface area contributed by atoms with E-state index in [0.29, 0.717) is 18.0 Å². The highest BCUT2D eigenvalue weighted by Gasteiger charge is 2.15. The molecule has 6 heteroatoms. The first-order valence-corrected chi connectivity index (χ1v) is 10.4. The minimum Gasteiger partial charge on any atom is -0.508 e. The molecule has 0 saturated carbocycles. The lowest BCUT2D eigenvalue weighted by Gasteiger charge is -2.10. The lowest BCUT2D eigenvalue weighted by Crippen LogP contribution is -2.04. The molecular formula is C26H21N3O3. The van der Waals surface area contributed by atoms with Gasteiger partial charge in [0.15, 0.2) is 11.6 Å². The summed E-state index contributed by atoms with van der Waals surface area (Å²) in [7, 11) is 0. The largest absolute Gasteiger partial charge is 0.508 e. The van der Waals surface area contributed by atoms with Crippen molar-refractivity contribution in [1.82, 2.24) is 15.0 Å². The molecule has 5 rings (SSSR count). The lowest BCUT2D eigenvalue weighted by molar-refractivity contribution is 0.292. The van der Waals surface area contributed by atoms with Crippen LogP contribution in [0.4, 0.5) is 0 Å². The predicted molar refractivity (Wildman–Crippen MR) is 125 cm³/mol. The standard InChI is InChI=1S/C26H21N3O3/c1-2-11-32-26-28-24(27-25(29-26)22-10-9-21(30)15-23(22)31)19-8-7-18-12-16-5-3-4-6-17(16)13-20(18)14-19/h3-10,12-15,30-31H,2,11H2,1H3. The van der Waals surface area contributed by atoms with Gasteiger partial charge in [-0.05, 0) is 58.3 Å². The van der Waals surface area contributed by atoms with Gasteiger partial charge in [-0.1, -0.05) is 43.3 Å². The van der Waals surface area contributed by atoms with Crippen molar-refractivity contribution in [2.24, 2.45) is 0 Å². The van der Waals surface area contributed by atoms with Gasteiger partial charge in [0.2, 0.25) is 0 Å². The first kappa shape index (κ1) is 19.8. The number of rotatable bonds is 5. The van der Waals surface area contributed by atoms with Gasteiger partial charge in [0.25, 0.3) is 0 Å². The first-order chi connectivity index (χ1) is 15.6. The van der Waals surface area contributed by atoms with E-state index in [4.69, 9.17) is 4.74 Å². The van der Waals surface area contributed by atoms with Crippen molar-refractivity contribution in [3.8, 4) is 40.3 Å². The third-order valence-electron chi connectivity index (χ3n) is 5.24. The molecule has 4 aromatic carbocycles. The van der Waals surface area contributed by atoms with Gasteiger partial charge in [-0.3, -0.25) is 0 Å². The summed E-state index contributed by atoms with van der Waals surface area (Å²) in [4.78, 5) is 13.5. The molecule has 32 heavy (non-hydrogen) atoms. The monoisotopic (exact) mass is 423 g/mol. The molecule has 0 aliphatic rings. The van der Waals surface area contributed by atoms with Crippen LogP contribution in [0.25, 0.3) is 44.3 Å². The quantitative estimate of drug-likeness (QED) is 0.352. The number of benzene rings is 4. The molecule has 0 radical (unpaired) electrons. The van der Waals surface area contributed by atoms with E-state index in [1.807, 2.05) is 37.3 Å². The molecule has 158 valence electrons. The van der Waals surface area contributed by atoms with Crippen LogP contribution in [0, 0.1) is 0 Å². The second kappa shape index (κ2) is 8.15. The number of hydrogen-bond acceptors (Lipinski definition) is 6. The fourth-order valence-electron chi connectivity index (χ4n) is 3.65. The van der Waals surface area contributed by atoms with E-state index in [-0.39, 0.29) is 23.3 Å². The van der Waals surface area contributed by atoms with E-state index < -0.39 is 0 Å². The van der Waals surface area contributed by atoms with Gasteiger partial charge in [0, 0.05) is 11.6 Å². The molecule has 0 fully saturated rings. The summed E-state index contributed by atoms with van der Waals surface area (Å²) in [5, 5.41) is 24.5. The van der Waals surface area contributed by atoms with Crippen LogP contribution in [-0.2, 0) is 0 Å². The summed E-state index contributed by atoms with van der Waals surface area (Å²) in [6, 6.07) is 23.1. The average Bonchev–Trinajstić information content (AvgIpc) is 2.81. The summed E-state index contributed by atoms with van der Waals surface area (Å²) in [6.45, 7) is 2.47. The van der Waals surface area contributed by atoms with Crippen LogP contribution in [0.3, 0.4) is 0 Å². The second-order valence-electron chi connectivity index (χ2n) is 7.58. The fraction of sp³-hybridized carbons (Fsp3) is 0.115. The molecule has 6 nitrogen and oxygen atoms in total. The number of fused-ring (bicyclic) bond motifs is 2. The van der Waals surface area contributed by atoms with Crippen LogP contribution in [-0.4, -0.2) is 31.8 Å². The van der Waals surface area contributed by atoms with Crippen LogP contribution < -0.4 is 4.74 Å². The third-order valence-corrected chi connectivity index (χ3v) is 5.24. The maximum atomic E-state index is 10.3. The Morgan fingerprint density at radius 3 is 2.19 bits per heavy atom. The third kappa shape index (κ3) is 3.78. The van der Waals surface area contributed by atoms with Crippen molar-refractivity contribution in [2.45, 2.75) is 13.3 Å². The van der Waals surface area contributed by atoms with Crippen LogP contribution >= 0.6 is 0 Å². The summed E-state index contributed by atoms with van der Waals surface area (Å²) >= 11 is 0. The van der Waals surface area contributed by atoms with Gasteiger partial charge in [0.05, 0.1) is 12.2 Å². The molecule has 0 bridgehead atoms. The molecule has 2 N–H and O–H groups in total. The summed E-state index contributed by atoms with van der Waals surface area (Å²) in [6.07, 6.45) is 0.809. The van der Waals surface area contributed by atoms with Gasteiger partial charge in [-0.25, -0.2) is 4.98 Å². The summed E-state index contributed by atoms with van der Waals surface area (Å²) in [5.74, 6) is 0.569. The molecule has 0 saturated heterocycles. The highest BCUT2D eigenvalue weighted by atomic mass is 16.5. The van der Waals surface area contributed by atoms with Gasteiger partial charge >= 0.3 is 6.01 Å². The second-order valence-corrected chi connectivity index (χ2v) is 7.58. The number of phenolic OH excluding ortho intramolecular Hbond substituents is 2. The molecule has 0 atom stereocenters. The minimum absolute atomic E-state index is 0.0373. The average molecular weight is 423 g/mol. The van der Waals surface area contributed by atoms with Gasteiger partial charge in [0.1, 0.15) is 11.5 Å². The van der Waals surface area contributed by atoms with Gasteiger partial charge in [-0.2, -0.15) is 9.97 Å². The van der Waals surface area contributed by atoms with E-state index in [2.05, 4.69) is 39.2 Å². The van der Waals surface area contributed by atoms with Crippen molar-refractivity contribution in [3.63, 3.8) is 0 Å². The Morgan fingerprint density at radius 2 is 1.44 bits per heavy atom. The van der Waals surface area contributed by atoms with E-state index in [9.17, 15) is 10.2 Å². The Labute approximate surface area is 184 Å². The Kier molecular flexibility index (Phi) is 5.03. The van der Waals surface area contributed by atoms with Crippen molar-refractivity contribution in [1.29, 1.82) is 0 Å². The SMILES string of the molecule is CCCOc1nc(-c2ccc3cc4ccccc4cc3c2)nc(-c2ccc(O)cc2O)n1. The molecule has 0 aliphatic carbocycles. The Bertz CT molecular complexity index is 1450. The number of hydrogen-bond donors (Lipinski definition) is 2. The van der Waals surface area contributed by atoms with Crippen LogP contribution in [0.5, 0.6) is 17.5 Å². The molecular weight excluding hydrogens is 402 g/mol. The number of ether oxygens (including phenoxy) is 1. The molecule has 1 aromatic heterocycles. The van der Waals surface area contributed by atoms with Crippen LogP contribution in [0.1, 0.15) is 13.3 Å². The minimum atomic E-state index is -0.117. The van der Waals surface area contributed by atoms with Crippen molar-refractivity contribution in [2.75, 3.05) is 6.61 Å².